The third kappa shape index (κ3) is 4.90. The van der Waals surface area contributed by atoms with Crippen LogP contribution in [0.3, 0.4) is 0 Å². The van der Waals surface area contributed by atoms with E-state index in [1.165, 1.54) is 0 Å². The van der Waals surface area contributed by atoms with Crippen molar-refractivity contribution < 1.29 is 0 Å². The van der Waals surface area contributed by atoms with E-state index in [4.69, 9.17) is 5.10 Å². The number of hydrogen-bond acceptors (Lipinski definition) is 6. The largest absolute Gasteiger partial charge is 0.297 e. The molecule has 1 aliphatic rings. The highest BCUT2D eigenvalue weighted by Crippen LogP contribution is 2.26. The first-order valence-electron chi connectivity index (χ1n) is 12.0. The molecule has 4 heterocycles. The molecule has 9 nitrogen and oxygen atoms in total. The first-order valence-corrected chi connectivity index (χ1v) is 12.0. The van der Waals surface area contributed by atoms with Crippen LogP contribution in [-0.4, -0.2) is 57.8 Å². The van der Waals surface area contributed by atoms with Gasteiger partial charge in [-0.15, -0.1) is 0 Å². The summed E-state index contributed by atoms with van der Waals surface area (Å²) >= 11 is 0. The first-order chi connectivity index (χ1) is 17.3. The van der Waals surface area contributed by atoms with Crippen LogP contribution >= 0.6 is 0 Å². The maximum atomic E-state index is 4.88. The third-order valence-corrected chi connectivity index (χ3v) is 6.35. The van der Waals surface area contributed by atoms with Gasteiger partial charge < -0.3 is 0 Å². The molecule has 6 rings (SSSR count). The van der Waals surface area contributed by atoms with Crippen LogP contribution in [0.15, 0.2) is 85.3 Å². The molecule has 1 saturated heterocycles. The van der Waals surface area contributed by atoms with Crippen LogP contribution in [-0.2, 0) is 13.1 Å². The van der Waals surface area contributed by atoms with Crippen molar-refractivity contribution in [3.63, 3.8) is 0 Å². The molecular formula is C26H27N9. The molecule has 35 heavy (non-hydrogen) atoms. The SMILES string of the molecule is c1ccc(-n2ncc(CN3CCC[C@@H](c4ccn(Cc5cnn(-c6ccccc6)n5)n4)C3)n2)cc1. The zero-order chi connectivity index (χ0) is 23.5. The van der Waals surface area contributed by atoms with Crippen molar-refractivity contribution in [3.8, 4) is 11.4 Å². The van der Waals surface area contributed by atoms with E-state index in [9.17, 15) is 0 Å². The zero-order valence-corrected chi connectivity index (χ0v) is 19.4. The maximum absolute atomic E-state index is 4.88. The summed E-state index contributed by atoms with van der Waals surface area (Å²) in [4.78, 5) is 5.82. The van der Waals surface area contributed by atoms with Gasteiger partial charge in [-0.2, -0.15) is 35.1 Å². The summed E-state index contributed by atoms with van der Waals surface area (Å²) in [6.45, 7) is 3.44. The van der Waals surface area contributed by atoms with E-state index >= 15 is 0 Å². The van der Waals surface area contributed by atoms with Gasteiger partial charge >= 0.3 is 0 Å². The van der Waals surface area contributed by atoms with E-state index in [1.807, 2.05) is 77.7 Å². The van der Waals surface area contributed by atoms with Crippen LogP contribution in [0, 0.1) is 0 Å². The lowest BCUT2D eigenvalue weighted by molar-refractivity contribution is 0.196. The summed E-state index contributed by atoms with van der Waals surface area (Å²) in [6.07, 6.45) is 8.01. The number of rotatable bonds is 7. The number of likely N-dealkylation sites (tertiary alicyclic amines) is 1. The molecule has 1 fully saturated rings. The summed E-state index contributed by atoms with van der Waals surface area (Å²) in [5.41, 5.74) is 4.94. The molecule has 1 aliphatic heterocycles. The number of piperidine rings is 1. The Balaban J connectivity index is 1.08. The smallest absolute Gasteiger partial charge is 0.105 e. The maximum Gasteiger partial charge on any atom is 0.105 e. The zero-order valence-electron chi connectivity index (χ0n) is 19.4. The van der Waals surface area contributed by atoms with Gasteiger partial charge in [0.15, 0.2) is 0 Å². The molecule has 3 aromatic heterocycles. The normalized spacial score (nSPS) is 16.5. The predicted octanol–water partition coefficient (Wildman–Crippen LogP) is 3.47. The van der Waals surface area contributed by atoms with E-state index in [0.29, 0.717) is 12.5 Å². The van der Waals surface area contributed by atoms with Gasteiger partial charge in [-0.3, -0.25) is 9.58 Å². The van der Waals surface area contributed by atoms with Gasteiger partial charge in [0.2, 0.25) is 0 Å². The van der Waals surface area contributed by atoms with E-state index in [-0.39, 0.29) is 0 Å². The molecule has 176 valence electrons. The predicted molar refractivity (Wildman–Crippen MR) is 131 cm³/mol. The minimum Gasteiger partial charge on any atom is -0.297 e. The lowest BCUT2D eigenvalue weighted by Gasteiger charge is -2.31. The van der Waals surface area contributed by atoms with Gasteiger partial charge in [-0.25, -0.2) is 0 Å². The topological polar surface area (TPSA) is 82.5 Å². The second-order valence-electron chi connectivity index (χ2n) is 8.93. The lowest BCUT2D eigenvalue weighted by Crippen LogP contribution is -2.34. The van der Waals surface area contributed by atoms with Crippen molar-refractivity contribution in [1.82, 2.24) is 44.7 Å². The number of hydrogen-bond donors (Lipinski definition) is 0. The first kappa shape index (κ1) is 21.4. The van der Waals surface area contributed by atoms with Crippen molar-refractivity contribution in [1.29, 1.82) is 0 Å². The van der Waals surface area contributed by atoms with Crippen LogP contribution in [0.4, 0.5) is 0 Å². The van der Waals surface area contributed by atoms with Crippen molar-refractivity contribution in [2.45, 2.75) is 31.8 Å². The fourth-order valence-electron chi connectivity index (χ4n) is 4.62. The lowest BCUT2D eigenvalue weighted by atomic mass is 9.95. The number of nitrogens with zero attached hydrogens (tertiary/aromatic N) is 9. The highest BCUT2D eigenvalue weighted by Gasteiger charge is 2.24. The monoisotopic (exact) mass is 465 g/mol. The van der Waals surface area contributed by atoms with Gasteiger partial charge in [0.05, 0.1) is 41.7 Å². The molecule has 0 N–H and O–H groups in total. The van der Waals surface area contributed by atoms with Gasteiger partial charge in [0, 0.05) is 25.2 Å². The Hall–Kier alpha value is -4.11. The Kier molecular flexibility index (Phi) is 5.90. The molecule has 0 aliphatic carbocycles. The van der Waals surface area contributed by atoms with Crippen LogP contribution in [0.2, 0.25) is 0 Å². The molecule has 5 aromatic rings. The average Bonchev–Trinajstić information content (AvgIpc) is 3.67. The molecule has 1 atom stereocenters. The van der Waals surface area contributed by atoms with E-state index in [1.54, 1.807) is 15.8 Å². The molecule has 0 unspecified atom stereocenters. The van der Waals surface area contributed by atoms with Crippen molar-refractivity contribution >= 4 is 0 Å². The van der Waals surface area contributed by atoms with Gasteiger partial charge in [0.1, 0.15) is 5.69 Å². The fourth-order valence-corrected chi connectivity index (χ4v) is 4.62. The van der Waals surface area contributed by atoms with Crippen molar-refractivity contribution in [3.05, 3.63) is 102 Å². The molecule has 0 spiro atoms. The summed E-state index contributed by atoms with van der Waals surface area (Å²) in [5, 5.41) is 23.0. The Morgan fingerprint density at radius 2 is 1.34 bits per heavy atom. The summed E-state index contributed by atoms with van der Waals surface area (Å²) in [7, 11) is 0. The minimum atomic E-state index is 0.411. The molecule has 0 saturated carbocycles. The fraction of sp³-hybridized carbons (Fsp3) is 0.269. The van der Waals surface area contributed by atoms with Crippen LogP contribution < -0.4 is 0 Å². The number of aromatic nitrogens is 8. The van der Waals surface area contributed by atoms with Crippen LogP contribution in [0.5, 0.6) is 0 Å². The van der Waals surface area contributed by atoms with Crippen LogP contribution in [0.1, 0.15) is 35.8 Å². The molecule has 0 amide bonds. The standard InChI is InChI=1S/C26H27N9/c1-3-9-24(10-4-1)34-27-16-22(29-34)19-32-14-7-8-21(18-32)26-13-15-33(31-26)20-23-17-28-35(30-23)25-11-5-2-6-12-25/h1-6,9-13,15-17,21H,7-8,14,18-20H2/t21-/m1/s1. The van der Waals surface area contributed by atoms with Crippen molar-refractivity contribution in [2.75, 3.05) is 13.1 Å². The molecule has 9 heteroatoms. The Labute approximate surface area is 203 Å². The van der Waals surface area contributed by atoms with Gasteiger partial charge in [-0.1, -0.05) is 36.4 Å². The summed E-state index contributed by atoms with van der Waals surface area (Å²) < 4.78 is 1.96. The Morgan fingerprint density at radius 1 is 0.714 bits per heavy atom. The minimum absolute atomic E-state index is 0.411. The van der Waals surface area contributed by atoms with Gasteiger partial charge in [0.25, 0.3) is 0 Å². The second kappa shape index (κ2) is 9.63. The highest BCUT2D eigenvalue weighted by atomic mass is 15.5. The quantitative estimate of drug-likeness (QED) is 0.366. The molecule has 0 radical (unpaired) electrons. The third-order valence-electron chi connectivity index (χ3n) is 6.35. The Morgan fingerprint density at radius 3 is 2.00 bits per heavy atom. The van der Waals surface area contributed by atoms with E-state index < -0.39 is 0 Å². The van der Waals surface area contributed by atoms with Crippen molar-refractivity contribution in [2.24, 2.45) is 0 Å². The Bertz CT molecular complexity index is 1370. The van der Waals surface area contributed by atoms with E-state index in [0.717, 1.165) is 60.9 Å². The molecule has 2 aromatic carbocycles. The van der Waals surface area contributed by atoms with Crippen LogP contribution in [0.25, 0.3) is 11.4 Å². The summed E-state index contributed by atoms with van der Waals surface area (Å²) in [5.74, 6) is 0.411. The molecular weight excluding hydrogens is 438 g/mol. The average molecular weight is 466 g/mol. The number of para-hydroxylation sites is 2. The second-order valence-corrected chi connectivity index (χ2v) is 8.93. The van der Waals surface area contributed by atoms with Gasteiger partial charge in [-0.05, 0) is 49.7 Å². The van der Waals surface area contributed by atoms with E-state index in [2.05, 4.69) is 31.4 Å². The molecule has 0 bridgehead atoms. The number of benzene rings is 2. The summed E-state index contributed by atoms with van der Waals surface area (Å²) in [6, 6.07) is 22.1. The highest BCUT2D eigenvalue weighted by molar-refractivity contribution is 5.29.